The standard InChI is InChI=1S/C15H21N3O3/c16-10-12-7-4-8-18(12)14(19)13(17-15(20)21)9-11-5-2-1-3-6-11/h1-3,5-6,12-13,17H,4,7-10,16H2,(H,20,21)/t12-,13+/m0/s1. The first kappa shape index (κ1) is 15.3. The summed E-state index contributed by atoms with van der Waals surface area (Å²) in [6.45, 7) is 1.06. The van der Waals surface area contributed by atoms with Crippen molar-refractivity contribution in [3.63, 3.8) is 0 Å². The number of carbonyl (C=O) groups excluding carboxylic acids is 1. The van der Waals surface area contributed by atoms with Gasteiger partial charge < -0.3 is 21.1 Å². The summed E-state index contributed by atoms with van der Waals surface area (Å²) in [5, 5.41) is 11.3. The van der Waals surface area contributed by atoms with E-state index in [1.807, 2.05) is 30.3 Å². The van der Waals surface area contributed by atoms with E-state index in [2.05, 4.69) is 5.32 Å². The Hall–Kier alpha value is -2.08. The number of carboxylic acid groups (broad SMARTS) is 1. The summed E-state index contributed by atoms with van der Waals surface area (Å²) in [7, 11) is 0. The maximum absolute atomic E-state index is 12.6. The molecule has 0 saturated carbocycles. The van der Waals surface area contributed by atoms with Gasteiger partial charge in [-0.2, -0.15) is 0 Å². The van der Waals surface area contributed by atoms with Gasteiger partial charge in [0.15, 0.2) is 0 Å². The fraction of sp³-hybridized carbons (Fsp3) is 0.467. The topological polar surface area (TPSA) is 95.7 Å². The first-order chi connectivity index (χ1) is 10.1. The first-order valence-corrected chi connectivity index (χ1v) is 7.15. The van der Waals surface area contributed by atoms with E-state index in [1.54, 1.807) is 4.90 Å². The maximum atomic E-state index is 12.6. The van der Waals surface area contributed by atoms with E-state index in [-0.39, 0.29) is 11.9 Å². The van der Waals surface area contributed by atoms with Gasteiger partial charge in [0.25, 0.3) is 0 Å². The zero-order valence-corrected chi connectivity index (χ0v) is 11.9. The fourth-order valence-corrected chi connectivity index (χ4v) is 2.77. The molecule has 4 N–H and O–H groups in total. The number of carbonyl (C=O) groups is 2. The molecule has 0 aromatic heterocycles. The van der Waals surface area contributed by atoms with E-state index in [4.69, 9.17) is 10.8 Å². The molecule has 21 heavy (non-hydrogen) atoms. The quantitative estimate of drug-likeness (QED) is 0.748. The van der Waals surface area contributed by atoms with Gasteiger partial charge in [-0.15, -0.1) is 0 Å². The van der Waals surface area contributed by atoms with Gasteiger partial charge >= 0.3 is 6.09 Å². The monoisotopic (exact) mass is 291 g/mol. The summed E-state index contributed by atoms with van der Waals surface area (Å²) in [5.74, 6) is -0.186. The van der Waals surface area contributed by atoms with Crippen LogP contribution in [0.1, 0.15) is 18.4 Å². The summed E-state index contributed by atoms with van der Waals surface area (Å²) >= 11 is 0. The lowest BCUT2D eigenvalue weighted by molar-refractivity contribution is -0.134. The maximum Gasteiger partial charge on any atom is 0.405 e. The van der Waals surface area contributed by atoms with Crippen LogP contribution in [0.2, 0.25) is 0 Å². The van der Waals surface area contributed by atoms with Crippen molar-refractivity contribution < 1.29 is 14.7 Å². The Balaban J connectivity index is 2.11. The molecule has 2 amide bonds. The normalized spacial score (nSPS) is 19.3. The van der Waals surface area contributed by atoms with Gasteiger partial charge in [0.1, 0.15) is 6.04 Å². The van der Waals surface area contributed by atoms with E-state index < -0.39 is 12.1 Å². The highest BCUT2D eigenvalue weighted by Crippen LogP contribution is 2.18. The van der Waals surface area contributed by atoms with Crippen LogP contribution in [-0.4, -0.2) is 47.2 Å². The molecule has 1 aliphatic heterocycles. The zero-order valence-electron chi connectivity index (χ0n) is 11.9. The van der Waals surface area contributed by atoms with Crippen LogP contribution >= 0.6 is 0 Å². The third-order valence-corrected chi connectivity index (χ3v) is 3.81. The van der Waals surface area contributed by atoms with Crippen molar-refractivity contribution in [3.05, 3.63) is 35.9 Å². The third kappa shape index (κ3) is 3.95. The Labute approximate surface area is 123 Å². The molecule has 0 aliphatic carbocycles. The minimum Gasteiger partial charge on any atom is -0.465 e. The Kier molecular flexibility index (Phi) is 5.16. The highest BCUT2D eigenvalue weighted by Gasteiger charge is 2.33. The fourth-order valence-electron chi connectivity index (χ4n) is 2.77. The van der Waals surface area contributed by atoms with E-state index >= 15 is 0 Å². The number of nitrogens with zero attached hydrogens (tertiary/aromatic N) is 1. The molecule has 6 heteroatoms. The number of nitrogens with two attached hydrogens (primary N) is 1. The lowest BCUT2D eigenvalue weighted by Crippen LogP contribution is -2.52. The Bertz CT molecular complexity index is 492. The molecule has 114 valence electrons. The second-order valence-corrected chi connectivity index (χ2v) is 5.26. The predicted molar refractivity (Wildman–Crippen MR) is 78.9 cm³/mol. The number of benzene rings is 1. The molecule has 1 saturated heterocycles. The summed E-state index contributed by atoms with van der Waals surface area (Å²) in [5.41, 5.74) is 6.61. The molecule has 2 rings (SSSR count). The number of nitrogens with one attached hydrogen (secondary N) is 1. The van der Waals surface area contributed by atoms with E-state index in [0.29, 0.717) is 19.5 Å². The molecular formula is C15H21N3O3. The predicted octanol–water partition coefficient (Wildman–Crippen LogP) is 0.815. The summed E-state index contributed by atoms with van der Waals surface area (Å²) in [4.78, 5) is 25.3. The van der Waals surface area contributed by atoms with Crippen molar-refractivity contribution in [3.8, 4) is 0 Å². The van der Waals surface area contributed by atoms with Gasteiger partial charge in [-0.05, 0) is 18.4 Å². The Morgan fingerprint density at radius 2 is 2.10 bits per heavy atom. The molecule has 2 atom stereocenters. The molecule has 1 aliphatic rings. The molecule has 0 spiro atoms. The Morgan fingerprint density at radius 3 is 2.71 bits per heavy atom. The van der Waals surface area contributed by atoms with Crippen molar-refractivity contribution >= 4 is 12.0 Å². The highest BCUT2D eigenvalue weighted by atomic mass is 16.4. The van der Waals surface area contributed by atoms with E-state index in [0.717, 1.165) is 18.4 Å². The number of likely N-dealkylation sites (tertiary alicyclic amines) is 1. The summed E-state index contributed by atoms with van der Waals surface area (Å²) in [6, 6.07) is 8.65. The van der Waals surface area contributed by atoms with Gasteiger partial charge in [0, 0.05) is 25.6 Å². The second-order valence-electron chi connectivity index (χ2n) is 5.26. The van der Waals surface area contributed by atoms with Gasteiger partial charge in [0.05, 0.1) is 0 Å². The van der Waals surface area contributed by atoms with Crippen LogP contribution < -0.4 is 11.1 Å². The Morgan fingerprint density at radius 1 is 1.38 bits per heavy atom. The first-order valence-electron chi connectivity index (χ1n) is 7.15. The third-order valence-electron chi connectivity index (χ3n) is 3.81. The van der Waals surface area contributed by atoms with Crippen LogP contribution in [-0.2, 0) is 11.2 Å². The van der Waals surface area contributed by atoms with Crippen molar-refractivity contribution in [1.29, 1.82) is 0 Å². The van der Waals surface area contributed by atoms with Crippen LogP contribution in [0.3, 0.4) is 0 Å². The van der Waals surface area contributed by atoms with E-state index in [1.165, 1.54) is 0 Å². The number of rotatable bonds is 5. The smallest absolute Gasteiger partial charge is 0.405 e. The molecule has 1 heterocycles. The second kappa shape index (κ2) is 7.08. The lowest BCUT2D eigenvalue weighted by Gasteiger charge is -2.28. The van der Waals surface area contributed by atoms with Gasteiger partial charge in [0.2, 0.25) is 5.91 Å². The van der Waals surface area contributed by atoms with Crippen molar-refractivity contribution in [2.24, 2.45) is 5.73 Å². The molecule has 0 bridgehead atoms. The van der Waals surface area contributed by atoms with Crippen LogP contribution in [0.15, 0.2) is 30.3 Å². The van der Waals surface area contributed by atoms with Gasteiger partial charge in [-0.1, -0.05) is 30.3 Å². The van der Waals surface area contributed by atoms with Crippen molar-refractivity contribution in [2.75, 3.05) is 13.1 Å². The highest BCUT2D eigenvalue weighted by molar-refractivity contribution is 5.86. The number of amides is 2. The van der Waals surface area contributed by atoms with Gasteiger partial charge in [-0.25, -0.2) is 4.79 Å². The van der Waals surface area contributed by atoms with Crippen LogP contribution in [0, 0.1) is 0 Å². The zero-order chi connectivity index (χ0) is 15.2. The minimum absolute atomic E-state index is 0.0198. The largest absolute Gasteiger partial charge is 0.465 e. The van der Waals surface area contributed by atoms with Crippen LogP contribution in [0.4, 0.5) is 4.79 Å². The molecular weight excluding hydrogens is 270 g/mol. The minimum atomic E-state index is -1.19. The average Bonchev–Trinajstić information content (AvgIpc) is 2.95. The van der Waals surface area contributed by atoms with Crippen LogP contribution in [0.25, 0.3) is 0 Å². The average molecular weight is 291 g/mol. The molecule has 0 unspecified atom stereocenters. The molecule has 1 aromatic rings. The molecule has 1 fully saturated rings. The summed E-state index contributed by atoms with van der Waals surface area (Å²) < 4.78 is 0. The molecule has 6 nitrogen and oxygen atoms in total. The summed E-state index contributed by atoms with van der Waals surface area (Å²) in [6.07, 6.45) is 0.957. The van der Waals surface area contributed by atoms with Crippen molar-refractivity contribution in [1.82, 2.24) is 10.2 Å². The van der Waals surface area contributed by atoms with E-state index in [9.17, 15) is 9.59 Å². The van der Waals surface area contributed by atoms with Crippen LogP contribution in [0.5, 0.6) is 0 Å². The van der Waals surface area contributed by atoms with Gasteiger partial charge in [-0.3, -0.25) is 4.79 Å². The SMILES string of the molecule is NC[C@@H]1CCCN1C(=O)[C@@H](Cc1ccccc1)NC(=O)O. The number of hydrogen-bond acceptors (Lipinski definition) is 3. The number of hydrogen-bond donors (Lipinski definition) is 3. The molecule has 1 aromatic carbocycles. The lowest BCUT2D eigenvalue weighted by atomic mass is 10.0. The molecule has 0 radical (unpaired) electrons. The van der Waals surface area contributed by atoms with Crippen molar-refractivity contribution in [2.45, 2.75) is 31.3 Å².